The largest absolute Gasteiger partial charge is 0.509 e. The Labute approximate surface area is 81.7 Å². The van der Waals surface area contributed by atoms with Gasteiger partial charge in [0.25, 0.3) is 6.43 Å². The van der Waals surface area contributed by atoms with E-state index in [0.29, 0.717) is 12.1 Å². The lowest BCUT2D eigenvalue weighted by molar-refractivity contribution is 0.151. The van der Waals surface area contributed by atoms with Gasteiger partial charge in [0.05, 0.1) is 0 Å². The molecule has 0 aliphatic heterocycles. The van der Waals surface area contributed by atoms with Crippen LogP contribution < -0.4 is 5.46 Å². The van der Waals surface area contributed by atoms with E-state index in [1.54, 1.807) is 0 Å². The van der Waals surface area contributed by atoms with Gasteiger partial charge in [0, 0.05) is 10.6 Å². The van der Waals surface area contributed by atoms with Crippen LogP contribution in [0.5, 0.6) is 0 Å². The van der Waals surface area contributed by atoms with Gasteiger partial charge in [0.15, 0.2) is 0 Å². The monoisotopic (exact) mass is 229 g/mol. The highest BCUT2D eigenvalue weighted by Crippen LogP contribution is 2.26. The fourth-order valence-corrected chi connectivity index (χ4v) is 1.13. The number of halogens is 6. The highest BCUT2D eigenvalue weighted by atomic mass is 35.5. The lowest BCUT2D eigenvalue weighted by atomic mass is 9.79. The SMILES string of the molecule is FC(F)c1cc([B-](F)(F)F)ccc1Cl. The minimum Gasteiger partial charge on any atom is -0.445 e. The van der Waals surface area contributed by atoms with Crippen molar-refractivity contribution in [1.29, 1.82) is 0 Å². The lowest BCUT2D eigenvalue weighted by Gasteiger charge is -2.16. The van der Waals surface area contributed by atoms with E-state index < -0.39 is 24.4 Å². The van der Waals surface area contributed by atoms with Crippen molar-refractivity contribution < 1.29 is 21.7 Å². The molecule has 0 atom stereocenters. The van der Waals surface area contributed by atoms with Crippen LogP contribution in [0.3, 0.4) is 0 Å². The van der Waals surface area contributed by atoms with Gasteiger partial charge in [-0.2, -0.15) is 0 Å². The summed E-state index contributed by atoms with van der Waals surface area (Å²) < 4.78 is 60.7. The second kappa shape index (κ2) is 3.77. The average molecular weight is 229 g/mol. The van der Waals surface area contributed by atoms with Gasteiger partial charge in [-0.25, -0.2) is 8.78 Å². The van der Waals surface area contributed by atoms with Crippen molar-refractivity contribution in [3.8, 4) is 0 Å². The molecule has 0 saturated heterocycles. The molecule has 1 rings (SSSR count). The number of hydrogen-bond acceptors (Lipinski definition) is 0. The van der Waals surface area contributed by atoms with Crippen LogP contribution in [-0.2, 0) is 0 Å². The van der Waals surface area contributed by atoms with Gasteiger partial charge in [-0.05, 0) is 6.07 Å². The number of benzene rings is 1. The molecule has 0 aromatic heterocycles. The van der Waals surface area contributed by atoms with E-state index >= 15 is 0 Å². The van der Waals surface area contributed by atoms with Crippen LogP contribution in [0.15, 0.2) is 18.2 Å². The summed E-state index contributed by atoms with van der Waals surface area (Å²) in [7, 11) is 0. The summed E-state index contributed by atoms with van der Waals surface area (Å²) >= 11 is 5.30. The normalized spacial score (nSPS) is 12.2. The van der Waals surface area contributed by atoms with Gasteiger partial charge in [0.1, 0.15) is 0 Å². The molecule has 0 N–H and O–H groups in total. The molecule has 0 aliphatic rings. The molecule has 0 unspecified atom stereocenters. The summed E-state index contributed by atoms with van der Waals surface area (Å²) in [6.45, 7) is -5.26. The molecule has 0 fully saturated rings. The maximum Gasteiger partial charge on any atom is 0.509 e. The van der Waals surface area contributed by atoms with Crippen LogP contribution in [-0.4, -0.2) is 6.98 Å². The van der Waals surface area contributed by atoms with Crippen LogP contribution in [0.2, 0.25) is 5.02 Å². The Hall–Kier alpha value is -0.775. The van der Waals surface area contributed by atoms with Gasteiger partial charge in [0.2, 0.25) is 0 Å². The van der Waals surface area contributed by atoms with Gasteiger partial charge >= 0.3 is 6.98 Å². The highest BCUT2D eigenvalue weighted by Gasteiger charge is 2.27. The van der Waals surface area contributed by atoms with Crippen LogP contribution in [0.4, 0.5) is 21.7 Å². The molecular weight excluding hydrogens is 225 g/mol. The Morgan fingerprint density at radius 3 is 2.14 bits per heavy atom. The van der Waals surface area contributed by atoms with E-state index in [1.807, 2.05) is 0 Å². The Morgan fingerprint density at radius 1 is 1.14 bits per heavy atom. The molecule has 1 aromatic rings. The van der Waals surface area contributed by atoms with Crippen LogP contribution in [0.1, 0.15) is 12.0 Å². The van der Waals surface area contributed by atoms with Crippen LogP contribution >= 0.6 is 11.6 Å². The molecule has 0 aliphatic carbocycles. The Morgan fingerprint density at radius 2 is 1.71 bits per heavy atom. The molecule has 0 amide bonds. The zero-order valence-electron chi connectivity index (χ0n) is 6.65. The van der Waals surface area contributed by atoms with Crippen molar-refractivity contribution in [3.63, 3.8) is 0 Å². The first-order valence-corrected chi connectivity index (χ1v) is 3.97. The summed E-state index contributed by atoms with van der Waals surface area (Å²) in [4.78, 5) is 0. The second-order valence-electron chi connectivity index (χ2n) is 2.66. The van der Waals surface area contributed by atoms with Crippen molar-refractivity contribution >= 4 is 24.0 Å². The Bertz CT molecular complexity index is 335. The summed E-state index contributed by atoms with van der Waals surface area (Å²) in [5.74, 6) is 0. The third kappa shape index (κ3) is 2.38. The predicted molar refractivity (Wildman–Crippen MR) is 45.1 cm³/mol. The predicted octanol–water partition coefficient (Wildman–Crippen LogP) is 3.33. The first kappa shape index (κ1) is 11.3. The molecule has 0 saturated carbocycles. The summed E-state index contributed by atoms with van der Waals surface area (Å²) in [6, 6.07) is 1.90. The van der Waals surface area contributed by atoms with Gasteiger partial charge in [-0.1, -0.05) is 23.7 Å². The summed E-state index contributed by atoms with van der Waals surface area (Å²) in [5, 5.41) is -0.358. The fraction of sp³-hybridized carbons (Fsp3) is 0.143. The molecule has 0 spiro atoms. The van der Waals surface area contributed by atoms with E-state index in [-0.39, 0.29) is 5.02 Å². The third-order valence-electron chi connectivity index (χ3n) is 1.63. The quantitative estimate of drug-likeness (QED) is 0.539. The molecule has 0 heterocycles. The van der Waals surface area contributed by atoms with E-state index in [2.05, 4.69) is 0 Å². The maximum absolute atomic E-state index is 12.2. The first-order chi connectivity index (χ1) is 6.32. The molecular formula is C7H4BClF5-. The van der Waals surface area contributed by atoms with E-state index in [4.69, 9.17) is 11.6 Å². The molecule has 0 nitrogen and oxygen atoms in total. The van der Waals surface area contributed by atoms with Crippen molar-refractivity contribution in [1.82, 2.24) is 0 Å². The lowest BCUT2D eigenvalue weighted by Crippen LogP contribution is -2.34. The minimum atomic E-state index is -5.26. The van der Waals surface area contributed by atoms with E-state index in [9.17, 15) is 21.7 Å². The summed E-state index contributed by atoms with van der Waals surface area (Å²) in [6.07, 6.45) is -3.00. The number of hydrogen-bond donors (Lipinski definition) is 0. The zero-order valence-corrected chi connectivity index (χ0v) is 7.41. The van der Waals surface area contributed by atoms with Crippen LogP contribution in [0, 0.1) is 0 Å². The molecule has 1 aromatic carbocycles. The second-order valence-corrected chi connectivity index (χ2v) is 3.06. The molecule has 14 heavy (non-hydrogen) atoms. The van der Waals surface area contributed by atoms with E-state index in [0.717, 1.165) is 6.07 Å². The number of alkyl halides is 2. The first-order valence-electron chi connectivity index (χ1n) is 3.60. The van der Waals surface area contributed by atoms with Crippen molar-refractivity contribution in [2.75, 3.05) is 0 Å². The Kier molecular flexibility index (Phi) is 3.04. The average Bonchev–Trinajstić information content (AvgIpc) is 2.02. The highest BCUT2D eigenvalue weighted by molar-refractivity contribution is 6.73. The fourth-order valence-electron chi connectivity index (χ4n) is 0.933. The van der Waals surface area contributed by atoms with E-state index in [1.165, 1.54) is 0 Å². The summed E-state index contributed by atoms with van der Waals surface area (Å²) in [5.41, 5.74) is -1.85. The van der Waals surface area contributed by atoms with Gasteiger partial charge < -0.3 is 12.9 Å². The smallest absolute Gasteiger partial charge is 0.445 e. The molecule has 0 bridgehead atoms. The molecule has 7 heteroatoms. The zero-order chi connectivity index (χ0) is 10.9. The Balaban J connectivity index is 3.20. The maximum atomic E-state index is 12.2. The number of rotatable bonds is 2. The third-order valence-corrected chi connectivity index (χ3v) is 1.98. The molecule has 78 valence electrons. The molecule has 0 radical (unpaired) electrons. The van der Waals surface area contributed by atoms with Crippen LogP contribution in [0.25, 0.3) is 0 Å². The van der Waals surface area contributed by atoms with Crippen molar-refractivity contribution in [2.24, 2.45) is 0 Å². The van der Waals surface area contributed by atoms with Gasteiger partial charge in [-0.3, -0.25) is 0 Å². The topological polar surface area (TPSA) is 0 Å². The van der Waals surface area contributed by atoms with Crippen molar-refractivity contribution in [3.05, 3.63) is 28.8 Å². The minimum absolute atomic E-state index is 0.358. The van der Waals surface area contributed by atoms with Crippen molar-refractivity contribution in [2.45, 2.75) is 6.43 Å². The van der Waals surface area contributed by atoms with Gasteiger partial charge in [-0.15, -0.1) is 5.46 Å². The standard InChI is InChI=1S/C7H4BClF5/c9-6-2-1-4(8(12,13)14)3-5(6)7(10)11/h1-3,7H/q-1.